The third-order valence-electron chi connectivity index (χ3n) is 3.73. The van der Waals surface area contributed by atoms with E-state index in [1.165, 1.54) is 0 Å². The number of H-pyrrole nitrogens is 1. The third-order valence-corrected chi connectivity index (χ3v) is 3.73. The van der Waals surface area contributed by atoms with E-state index < -0.39 is 0 Å². The van der Waals surface area contributed by atoms with Gasteiger partial charge in [-0.05, 0) is 44.9 Å². The maximum absolute atomic E-state index is 12.0. The van der Waals surface area contributed by atoms with Crippen LogP contribution in [-0.2, 0) is 6.42 Å². The van der Waals surface area contributed by atoms with E-state index in [-0.39, 0.29) is 5.56 Å². The summed E-state index contributed by atoms with van der Waals surface area (Å²) in [6, 6.07) is 3.97. The summed E-state index contributed by atoms with van der Waals surface area (Å²) in [5.41, 5.74) is 3.55. The second kappa shape index (κ2) is 6.44. The second-order valence-electron chi connectivity index (χ2n) is 5.04. The Morgan fingerprint density at radius 1 is 1.29 bits per heavy atom. The predicted octanol–water partition coefficient (Wildman–Crippen LogP) is 3.83. The molecule has 1 aromatic carbocycles. The fourth-order valence-electron chi connectivity index (χ4n) is 2.38. The highest BCUT2D eigenvalue weighted by Gasteiger charge is 2.12. The molecule has 0 aliphatic heterocycles. The van der Waals surface area contributed by atoms with Gasteiger partial charge in [-0.15, -0.1) is 6.58 Å². The van der Waals surface area contributed by atoms with E-state index in [0.29, 0.717) is 13.0 Å². The quantitative estimate of drug-likeness (QED) is 0.847. The zero-order chi connectivity index (χ0) is 15.4. The van der Waals surface area contributed by atoms with Crippen LogP contribution in [0.2, 0.25) is 0 Å². The van der Waals surface area contributed by atoms with Crippen molar-refractivity contribution in [2.75, 3.05) is 6.61 Å². The molecule has 1 aromatic heterocycles. The Morgan fingerprint density at radius 2 is 2.05 bits per heavy atom. The minimum absolute atomic E-state index is 0.0454. The first-order valence-electron chi connectivity index (χ1n) is 7.10. The first-order chi connectivity index (χ1) is 10.1. The van der Waals surface area contributed by atoms with Crippen molar-refractivity contribution in [1.82, 2.24) is 4.98 Å². The van der Waals surface area contributed by atoms with Crippen LogP contribution in [0.1, 0.15) is 23.6 Å². The zero-order valence-corrected chi connectivity index (χ0v) is 12.8. The lowest BCUT2D eigenvalue weighted by Crippen LogP contribution is -2.13. The molecule has 2 aromatic rings. The Balaban J connectivity index is 2.67. The van der Waals surface area contributed by atoms with Gasteiger partial charge >= 0.3 is 0 Å². The Kier molecular flexibility index (Phi) is 4.63. The molecular weight excluding hydrogens is 262 g/mol. The fraction of sp³-hybridized carbons (Fsp3) is 0.278. The van der Waals surface area contributed by atoms with Gasteiger partial charge in [0.2, 0.25) is 0 Å². The molecule has 0 spiro atoms. The summed E-state index contributed by atoms with van der Waals surface area (Å²) in [6.45, 7) is 10.1. The number of ether oxygens (including phenoxy) is 1. The topological polar surface area (TPSA) is 42.1 Å². The molecular formula is C18H21NO2. The predicted molar refractivity (Wildman–Crippen MR) is 88.3 cm³/mol. The maximum atomic E-state index is 12.0. The van der Waals surface area contributed by atoms with Crippen molar-refractivity contribution < 1.29 is 4.74 Å². The molecule has 0 unspecified atom stereocenters. The van der Waals surface area contributed by atoms with Crippen LogP contribution in [0.25, 0.3) is 10.9 Å². The van der Waals surface area contributed by atoms with Crippen LogP contribution in [0.5, 0.6) is 5.75 Å². The molecule has 21 heavy (non-hydrogen) atoms. The summed E-state index contributed by atoms with van der Waals surface area (Å²) in [7, 11) is 0. The minimum Gasteiger partial charge on any atom is -0.489 e. The fourth-order valence-corrected chi connectivity index (χ4v) is 2.38. The molecule has 0 radical (unpaired) electrons. The van der Waals surface area contributed by atoms with Gasteiger partial charge in [0.15, 0.2) is 0 Å². The van der Waals surface area contributed by atoms with E-state index in [1.807, 2.05) is 51.1 Å². The number of pyridine rings is 1. The van der Waals surface area contributed by atoms with E-state index in [4.69, 9.17) is 4.74 Å². The summed E-state index contributed by atoms with van der Waals surface area (Å²) in [4.78, 5) is 15.0. The van der Waals surface area contributed by atoms with Gasteiger partial charge in [0.25, 0.3) is 5.56 Å². The molecule has 0 bridgehead atoms. The number of aryl methyl sites for hydroxylation is 1. The summed E-state index contributed by atoms with van der Waals surface area (Å²) >= 11 is 0. The third kappa shape index (κ3) is 2.92. The first kappa shape index (κ1) is 15.1. The molecule has 110 valence electrons. The van der Waals surface area contributed by atoms with Gasteiger partial charge in [-0.1, -0.05) is 18.2 Å². The molecule has 0 amide bonds. The number of nitrogens with one attached hydrogen (secondary N) is 1. The normalized spacial score (nSPS) is 11.2. The van der Waals surface area contributed by atoms with E-state index in [1.54, 1.807) is 0 Å². The Hall–Kier alpha value is -2.29. The summed E-state index contributed by atoms with van der Waals surface area (Å²) in [6.07, 6.45) is 6.38. The number of allylic oxidation sites excluding steroid dienone is 2. The van der Waals surface area contributed by atoms with E-state index in [9.17, 15) is 4.79 Å². The van der Waals surface area contributed by atoms with Crippen LogP contribution in [0.4, 0.5) is 0 Å². The molecule has 0 aliphatic rings. The molecule has 1 heterocycles. The Morgan fingerprint density at radius 3 is 2.71 bits per heavy atom. The SMILES string of the molecule is C=CCc1c(OCC=CC)ccc2c(C)c(C)c(=O)[nH]c12. The standard InChI is InChI=1S/C18H21NO2/c1-5-7-11-21-16-10-9-14-12(3)13(4)18(20)19-17(14)15(16)8-6-2/h5-7,9-10H,2,8,11H2,1,3-4H3,(H,19,20). The lowest BCUT2D eigenvalue weighted by Gasteiger charge is -2.14. The molecule has 0 saturated heterocycles. The van der Waals surface area contributed by atoms with Gasteiger partial charge in [-0.3, -0.25) is 4.79 Å². The first-order valence-corrected chi connectivity index (χ1v) is 7.10. The van der Waals surface area contributed by atoms with Crippen molar-refractivity contribution >= 4 is 10.9 Å². The van der Waals surface area contributed by atoms with Crippen LogP contribution in [0, 0.1) is 13.8 Å². The van der Waals surface area contributed by atoms with Crippen LogP contribution in [0.15, 0.2) is 41.7 Å². The highest BCUT2D eigenvalue weighted by atomic mass is 16.5. The highest BCUT2D eigenvalue weighted by molar-refractivity contribution is 5.87. The smallest absolute Gasteiger partial charge is 0.251 e. The van der Waals surface area contributed by atoms with Crippen molar-refractivity contribution in [2.45, 2.75) is 27.2 Å². The molecule has 2 rings (SSSR count). The lowest BCUT2D eigenvalue weighted by atomic mass is 10.00. The van der Waals surface area contributed by atoms with E-state index in [2.05, 4.69) is 11.6 Å². The Bertz CT molecular complexity index is 754. The zero-order valence-electron chi connectivity index (χ0n) is 12.8. The monoisotopic (exact) mass is 283 g/mol. The molecule has 0 atom stereocenters. The van der Waals surface area contributed by atoms with Gasteiger partial charge < -0.3 is 9.72 Å². The number of fused-ring (bicyclic) bond motifs is 1. The number of hydrogen-bond donors (Lipinski definition) is 1. The second-order valence-corrected chi connectivity index (χ2v) is 5.04. The van der Waals surface area contributed by atoms with E-state index >= 15 is 0 Å². The molecule has 3 heteroatoms. The minimum atomic E-state index is -0.0454. The van der Waals surface area contributed by atoms with Gasteiger partial charge in [-0.2, -0.15) is 0 Å². The summed E-state index contributed by atoms with van der Waals surface area (Å²) in [5, 5.41) is 1.06. The molecule has 1 N–H and O–H groups in total. The van der Waals surface area contributed by atoms with Crippen LogP contribution in [-0.4, -0.2) is 11.6 Å². The van der Waals surface area contributed by atoms with Crippen molar-refractivity contribution in [3.05, 3.63) is 64.0 Å². The van der Waals surface area contributed by atoms with Crippen molar-refractivity contribution in [2.24, 2.45) is 0 Å². The number of aromatic amines is 1. The lowest BCUT2D eigenvalue weighted by molar-refractivity contribution is 0.360. The number of hydrogen-bond acceptors (Lipinski definition) is 2. The van der Waals surface area contributed by atoms with Crippen LogP contribution < -0.4 is 10.3 Å². The number of rotatable bonds is 5. The van der Waals surface area contributed by atoms with Crippen molar-refractivity contribution in [3.8, 4) is 5.75 Å². The average Bonchev–Trinajstić information content (AvgIpc) is 2.47. The van der Waals surface area contributed by atoms with Gasteiger partial charge in [0, 0.05) is 16.5 Å². The maximum Gasteiger partial charge on any atom is 0.251 e. The summed E-state index contributed by atoms with van der Waals surface area (Å²) < 4.78 is 5.79. The van der Waals surface area contributed by atoms with E-state index in [0.717, 1.165) is 33.3 Å². The van der Waals surface area contributed by atoms with Gasteiger partial charge in [0.1, 0.15) is 12.4 Å². The Labute approximate surface area is 125 Å². The average molecular weight is 283 g/mol. The molecule has 0 saturated carbocycles. The molecule has 0 aliphatic carbocycles. The van der Waals surface area contributed by atoms with Gasteiger partial charge in [0.05, 0.1) is 5.52 Å². The van der Waals surface area contributed by atoms with Gasteiger partial charge in [-0.25, -0.2) is 0 Å². The highest BCUT2D eigenvalue weighted by Crippen LogP contribution is 2.29. The molecule has 0 fully saturated rings. The summed E-state index contributed by atoms with van der Waals surface area (Å²) in [5.74, 6) is 0.791. The van der Waals surface area contributed by atoms with Crippen LogP contribution >= 0.6 is 0 Å². The molecule has 3 nitrogen and oxygen atoms in total. The van der Waals surface area contributed by atoms with Crippen molar-refractivity contribution in [1.29, 1.82) is 0 Å². The number of aromatic nitrogens is 1. The van der Waals surface area contributed by atoms with Crippen LogP contribution in [0.3, 0.4) is 0 Å². The number of benzene rings is 1. The van der Waals surface area contributed by atoms with Crippen molar-refractivity contribution in [3.63, 3.8) is 0 Å². The largest absolute Gasteiger partial charge is 0.489 e.